The molecule has 110 valence electrons. The molecule has 0 aromatic heterocycles. The summed E-state index contributed by atoms with van der Waals surface area (Å²) in [4.78, 5) is 0. The van der Waals surface area contributed by atoms with E-state index in [1.807, 2.05) is 0 Å². The first-order valence-corrected chi connectivity index (χ1v) is 17.5. The van der Waals surface area contributed by atoms with Crippen molar-refractivity contribution < 1.29 is 27.2 Å². The van der Waals surface area contributed by atoms with Gasteiger partial charge >= 0.3 is 119 Å². The van der Waals surface area contributed by atoms with Crippen LogP contribution in [-0.4, -0.2) is 51.8 Å². The Morgan fingerprint density at radius 2 is 0.889 bits per heavy atom. The summed E-state index contributed by atoms with van der Waals surface area (Å²) in [5, 5.41) is 0. The van der Waals surface area contributed by atoms with Gasteiger partial charge in [0.05, 0.1) is 0 Å². The standard InChI is InChI=1S/C8H20O6P2Se2/c1-5-11-15(9,12-6-2)17-18-16(10,13-7-3)14-8-4/h5-8H2,1-4H3. The van der Waals surface area contributed by atoms with E-state index in [0.717, 1.165) is 0 Å². The molecule has 0 aromatic rings. The predicted molar refractivity (Wildman–Crippen MR) is 73.2 cm³/mol. The van der Waals surface area contributed by atoms with Gasteiger partial charge in [0.25, 0.3) is 0 Å². The zero-order valence-corrected chi connectivity index (χ0v) is 16.2. The molecule has 0 atom stereocenters. The third-order valence-corrected chi connectivity index (χ3v) is 29.0. The van der Waals surface area contributed by atoms with Crippen molar-refractivity contribution in [3.8, 4) is 0 Å². The van der Waals surface area contributed by atoms with Gasteiger partial charge < -0.3 is 0 Å². The van der Waals surface area contributed by atoms with Crippen LogP contribution in [0.1, 0.15) is 27.7 Å². The van der Waals surface area contributed by atoms with Crippen molar-refractivity contribution >= 4 is 37.9 Å². The summed E-state index contributed by atoms with van der Waals surface area (Å²) in [5.41, 5.74) is 0. The van der Waals surface area contributed by atoms with E-state index in [1.165, 1.54) is 0 Å². The second-order valence-electron chi connectivity index (χ2n) is 2.71. The molecule has 0 saturated carbocycles. The fraction of sp³-hybridized carbons (Fsp3) is 1.00. The molecule has 18 heavy (non-hydrogen) atoms. The average molecular weight is 432 g/mol. The van der Waals surface area contributed by atoms with E-state index in [9.17, 15) is 9.13 Å². The normalized spacial score (nSPS) is 12.9. The third kappa shape index (κ3) is 7.81. The quantitative estimate of drug-likeness (QED) is 0.370. The van der Waals surface area contributed by atoms with Crippen LogP contribution in [-0.2, 0) is 27.2 Å². The molecular weight excluding hydrogens is 412 g/mol. The van der Waals surface area contributed by atoms with Gasteiger partial charge in [0.15, 0.2) is 0 Å². The van der Waals surface area contributed by atoms with E-state index >= 15 is 0 Å². The van der Waals surface area contributed by atoms with E-state index in [1.54, 1.807) is 27.7 Å². The maximum absolute atomic E-state index is 12.2. The molecule has 0 radical (unpaired) electrons. The Labute approximate surface area is 119 Å². The molecule has 0 bridgehead atoms. The first-order valence-electron chi connectivity index (χ1n) is 5.61. The monoisotopic (exact) mass is 434 g/mol. The molecule has 0 aliphatic rings. The predicted octanol–water partition coefficient (Wildman–Crippen LogP) is 2.67. The number of hydrogen-bond donors (Lipinski definition) is 0. The number of hydrogen-bond acceptors (Lipinski definition) is 6. The van der Waals surface area contributed by atoms with Gasteiger partial charge in [-0.25, -0.2) is 0 Å². The maximum atomic E-state index is 12.2. The van der Waals surface area contributed by atoms with Gasteiger partial charge in [0, 0.05) is 0 Å². The first-order chi connectivity index (χ1) is 8.45. The Kier molecular flexibility index (Phi) is 10.9. The van der Waals surface area contributed by atoms with Crippen LogP contribution in [0.15, 0.2) is 0 Å². The van der Waals surface area contributed by atoms with Gasteiger partial charge in [-0.3, -0.25) is 0 Å². The van der Waals surface area contributed by atoms with Crippen LogP contribution < -0.4 is 0 Å². The Balaban J connectivity index is 4.55. The zero-order valence-electron chi connectivity index (χ0n) is 11.0. The van der Waals surface area contributed by atoms with Gasteiger partial charge in [-0.1, -0.05) is 0 Å². The van der Waals surface area contributed by atoms with Crippen LogP contribution in [0.25, 0.3) is 0 Å². The van der Waals surface area contributed by atoms with Gasteiger partial charge in [-0.15, -0.1) is 0 Å². The SMILES string of the molecule is CCOP(=O)(OCC)[Se][Se]P(=O)(OCC)OCC. The molecule has 0 rings (SSSR count). The van der Waals surface area contributed by atoms with Crippen molar-refractivity contribution in [1.82, 2.24) is 0 Å². The van der Waals surface area contributed by atoms with E-state index < -0.39 is 37.9 Å². The van der Waals surface area contributed by atoms with E-state index in [4.69, 9.17) is 18.1 Å². The molecule has 0 aliphatic heterocycles. The summed E-state index contributed by atoms with van der Waals surface area (Å²) >= 11 is -1.04. The molecule has 6 nitrogen and oxygen atoms in total. The fourth-order valence-corrected chi connectivity index (χ4v) is 31.6. The molecule has 0 amide bonds. The molecule has 0 heterocycles. The van der Waals surface area contributed by atoms with Gasteiger partial charge in [-0.2, -0.15) is 0 Å². The van der Waals surface area contributed by atoms with E-state index in [-0.39, 0.29) is 0 Å². The minimum atomic E-state index is -3.11. The van der Waals surface area contributed by atoms with Crippen LogP contribution in [0.3, 0.4) is 0 Å². The van der Waals surface area contributed by atoms with Crippen LogP contribution >= 0.6 is 12.6 Å². The molecule has 0 aromatic carbocycles. The molecule has 0 spiro atoms. The van der Waals surface area contributed by atoms with E-state index in [0.29, 0.717) is 26.4 Å². The fourth-order valence-electron chi connectivity index (χ4n) is 0.875. The molecule has 0 saturated heterocycles. The van der Waals surface area contributed by atoms with Crippen molar-refractivity contribution in [2.45, 2.75) is 27.7 Å². The summed E-state index contributed by atoms with van der Waals surface area (Å²) in [6.45, 7) is 8.23. The van der Waals surface area contributed by atoms with Gasteiger partial charge in [0.2, 0.25) is 0 Å². The van der Waals surface area contributed by atoms with Gasteiger partial charge in [-0.05, 0) is 0 Å². The molecule has 0 N–H and O–H groups in total. The van der Waals surface area contributed by atoms with Crippen molar-refractivity contribution in [3.05, 3.63) is 0 Å². The number of rotatable bonds is 11. The van der Waals surface area contributed by atoms with Crippen molar-refractivity contribution in [3.63, 3.8) is 0 Å². The van der Waals surface area contributed by atoms with Gasteiger partial charge in [0.1, 0.15) is 0 Å². The summed E-state index contributed by atoms with van der Waals surface area (Å²) in [5.74, 6) is 0. The van der Waals surface area contributed by atoms with Crippen molar-refractivity contribution in [2.24, 2.45) is 0 Å². The summed E-state index contributed by atoms with van der Waals surface area (Å²) in [6.07, 6.45) is -6.21. The Morgan fingerprint density at radius 3 is 1.06 bits per heavy atom. The molecule has 0 fully saturated rings. The molecular formula is C8H20O6P2Se2. The minimum absolute atomic E-state index is 0.308. The van der Waals surface area contributed by atoms with Crippen molar-refractivity contribution in [1.29, 1.82) is 0 Å². The second-order valence-corrected chi connectivity index (χ2v) is 23.1. The van der Waals surface area contributed by atoms with E-state index in [2.05, 4.69) is 0 Å². The van der Waals surface area contributed by atoms with Crippen molar-refractivity contribution in [2.75, 3.05) is 26.4 Å². The Hall–Kier alpha value is 1.34. The van der Waals surface area contributed by atoms with Crippen LogP contribution in [0.4, 0.5) is 0 Å². The summed E-state index contributed by atoms with van der Waals surface area (Å²) < 4.78 is 45.1. The van der Waals surface area contributed by atoms with Crippen LogP contribution in [0, 0.1) is 0 Å². The first kappa shape index (κ1) is 19.3. The van der Waals surface area contributed by atoms with Crippen LogP contribution in [0.2, 0.25) is 0 Å². The van der Waals surface area contributed by atoms with Crippen LogP contribution in [0.5, 0.6) is 0 Å². The Morgan fingerprint density at radius 1 is 0.667 bits per heavy atom. The molecule has 0 aliphatic carbocycles. The third-order valence-electron chi connectivity index (χ3n) is 1.36. The molecule has 10 heteroatoms. The average Bonchev–Trinajstić information content (AvgIpc) is 2.28. The summed E-state index contributed by atoms with van der Waals surface area (Å²) in [6, 6.07) is 0. The molecule has 0 unspecified atom stereocenters. The Bertz CT molecular complexity index is 264. The topological polar surface area (TPSA) is 71.1 Å². The second kappa shape index (κ2) is 10.1. The summed E-state index contributed by atoms with van der Waals surface area (Å²) in [7, 11) is 0. The zero-order chi connectivity index (χ0) is 14.1.